The third-order valence-corrected chi connectivity index (χ3v) is 5.28. The Kier molecular flexibility index (Phi) is 4.37. The highest BCUT2D eigenvalue weighted by Crippen LogP contribution is 2.42. The Balaban J connectivity index is 1.72. The van der Waals surface area contributed by atoms with E-state index in [4.69, 9.17) is 0 Å². The van der Waals surface area contributed by atoms with Crippen molar-refractivity contribution < 1.29 is 19.1 Å². The first-order chi connectivity index (χ1) is 11.0. The summed E-state index contributed by atoms with van der Waals surface area (Å²) in [4.78, 5) is 25.9. The molecule has 1 aliphatic carbocycles. The van der Waals surface area contributed by atoms with Crippen LogP contribution < -0.4 is 0 Å². The quantitative estimate of drug-likeness (QED) is 0.928. The minimum absolute atomic E-state index is 0.0952. The summed E-state index contributed by atoms with van der Waals surface area (Å²) in [6.45, 7) is 2.34. The lowest BCUT2D eigenvalue weighted by atomic mass is 9.94. The van der Waals surface area contributed by atoms with Crippen LogP contribution in [0.2, 0.25) is 0 Å². The number of nitrogens with zero attached hydrogens (tertiary/aromatic N) is 1. The first-order valence-corrected chi connectivity index (χ1v) is 8.25. The van der Waals surface area contributed by atoms with Gasteiger partial charge in [-0.3, -0.25) is 4.79 Å². The predicted octanol–water partition coefficient (Wildman–Crippen LogP) is 2.72. The standard InChI is InChI=1S/C18H22FNO3/c1-11(8-12-4-2-6-14(19)9-12)17(21)20-10-13-5-3-7-15(13)16(20)18(22)23/h2,4,6,9,11,13,15-16H,3,5,7-8,10H2,1H3,(H,22,23). The SMILES string of the molecule is CC(Cc1cccc(F)c1)C(=O)N1CC2CCCC2C1C(=O)O. The van der Waals surface area contributed by atoms with E-state index in [1.165, 1.54) is 12.1 Å². The van der Waals surface area contributed by atoms with Crippen LogP contribution in [0, 0.1) is 23.6 Å². The van der Waals surface area contributed by atoms with Crippen LogP contribution in [0.4, 0.5) is 4.39 Å². The summed E-state index contributed by atoms with van der Waals surface area (Å²) in [5, 5.41) is 9.54. The Hall–Kier alpha value is -1.91. The number of carbonyl (C=O) groups is 2. The second kappa shape index (κ2) is 6.30. The predicted molar refractivity (Wildman–Crippen MR) is 83.2 cm³/mol. The van der Waals surface area contributed by atoms with Gasteiger partial charge in [-0.2, -0.15) is 0 Å². The maximum absolute atomic E-state index is 13.3. The molecule has 1 N–H and O–H groups in total. The number of carbonyl (C=O) groups excluding carboxylic acids is 1. The molecule has 0 spiro atoms. The zero-order valence-electron chi connectivity index (χ0n) is 13.2. The largest absolute Gasteiger partial charge is 0.480 e. The molecule has 1 saturated heterocycles. The highest BCUT2D eigenvalue weighted by atomic mass is 19.1. The van der Waals surface area contributed by atoms with Crippen LogP contribution in [0.25, 0.3) is 0 Å². The normalized spacial score (nSPS) is 27.7. The maximum atomic E-state index is 13.3. The van der Waals surface area contributed by atoms with E-state index >= 15 is 0 Å². The first kappa shape index (κ1) is 16.0. The van der Waals surface area contributed by atoms with Crippen LogP contribution in [0.3, 0.4) is 0 Å². The second-order valence-electron chi connectivity index (χ2n) is 6.86. The molecule has 5 heteroatoms. The molecule has 2 fully saturated rings. The van der Waals surface area contributed by atoms with Gasteiger partial charge in [0.1, 0.15) is 11.9 Å². The van der Waals surface area contributed by atoms with Crippen molar-refractivity contribution in [2.24, 2.45) is 17.8 Å². The van der Waals surface area contributed by atoms with Gasteiger partial charge < -0.3 is 10.0 Å². The van der Waals surface area contributed by atoms with E-state index in [2.05, 4.69) is 0 Å². The van der Waals surface area contributed by atoms with Crippen LogP contribution >= 0.6 is 0 Å². The Bertz CT molecular complexity index is 618. The fourth-order valence-corrected chi connectivity index (χ4v) is 4.24. The van der Waals surface area contributed by atoms with Gasteiger partial charge in [-0.05, 0) is 48.8 Å². The zero-order chi connectivity index (χ0) is 16.6. The van der Waals surface area contributed by atoms with Gasteiger partial charge in [0.2, 0.25) is 5.91 Å². The first-order valence-electron chi connectivity index (χ1n) is 8.25. The Morgan fingerprint density at radius 3 is 2.87 bits per heavy atom. The number of hydrogen-bond acceptors (Lipinski definition) is 2. The Labute approximate surface area is 135 Å². The lowest BCUT2D eigenvalue weighted by Gasteiger charge is -2.27. The molecule has 1 aliphatic heterocycles. The van der Waals surface area contributed by atoms with Crippen molar-refractivity contribution in [1.29, 1.82) is 0 Å². The molecule has 2 aliphatic rings. The molecule has 1 aromatic carbocycles. The van der Waals surface area contributed by atoms with Crippen LogP contribution in [0.5, 0.6) is 0 Å². The van der Waals surface area contributed by atoms with Crippen molar-refractivity contribution in [2.45, 2.75) is 38.6 Å². The van der Waals surface area contributed by atoms with Gasteiger partial charge in [0.25, 0.3) is 0 Å². The van der Waals surface area contributed by atoms with E-state index in [9.17, 15) is 19.1 Å². The second-order valence-corrected chi connectivity index (χ2v) is 6.86. The third kappa shape index (κ3) is 3.09. The summed E-state index contributed by atoms with van der Waals surface area (Å²) in [5.41, 5.74) is 0.761. The van der Waals surface area contributed by atoms with Gasteiger partial charge in [-0.15, -0.1) is 0 Å². The molecule has 0 aromatic heterocycles. The smallest absolute Gasteiger partial charge is 0.326 e. The van der Waals surface area contributed by atoms with Crippen molar-refractivity contribution in [3.8, 4) is 0 Å². The lowest BCUT2D eigenvalue weighted by molar-refractivity contribution is -0.151. The number of amides is 1. The summed E-state index contributed by atoms with van der Waals surface area (Å²) in [7, 11) is 0. The summed E-state index contributed by atoms with van der Waals surface area (Å²) in [6, 6.07) is 5.53. The molecular weight excluding hydrogens is 297 g/mol. The van der Waals surface area contributed by atoms with Crippen molar-refractivity contribution in [1.82, 2.24) is 4.90 Å². The molecule has 1 aromatic rings. The average Bonchev–Trinajstić information content (AvgIpc) is 3.06. The molecule has 124 valence electrons. The molecule has 23 heavy (non-hydrogen) atoms. The molecule has 1 heterocycles. The third-order valence-electron chi connectivity index (χ3n) is 5.28. The molecule has 1 amide bonds. The molecule has 1 saturated carbocycles. The minimum Gasteiger partial charge on any atom is -0.480 e. The minimum atomic E-state index is -0.897. The zero-order valence-corrected chi connectivity index (χ0v) is 13.2. The van der Waals surface area contributed by atoms with E-state index < -0.39 is 12.0 Å². The van der Waals surface area contributed by atoms with Gasteiger partial charge in [0, 0.05) is 12.5 Å². The Morgan fingerprint density at radius 1 is 1.39 bits per heavy atom. The number of rotatable bonds is 4. The highest BCUT2D eigenvalue weighted by molar-refractivity contribution is 5.86. The molecule has 0 bridgehead atoms. The molecular formula is C18H22FNO3. The van der Waals surface area contributed by atoms with Crippen LogP contribution in [0.15, 0.2) is 24.3 Å². The van der Waals surface area contributed by atoms with E-state index in [1.54, 1.807) is 24.0 Å². The van der Waals surface area contributed by atoms with Crippen molar-refractivity contribution in [3.05, 3.63) is 35.6 Å². The van der Waals surface area contributed by atoms with E-state index in [1.807, 2.05) is 0 Å². The number of aliphatic carboxylic acids is 1. The summed E-state index contributed by atoms with van der Waals surface area (Å²) in [6.07, 6.45) is 3.38. The van der Waals surface area contributed by atoms with E-state index in [0.717, 1.165) is 24.8 Å². The summed E-state index contributed by atoms with van der Waals surface area (Å²) >= 11 is 0. The number of carboxylic acids is 1. The number of likely N-dealkylation sites (tertiary alicyclic amines) is 1. The molecule has 4 nitrogen and oxygen atoms in total. The monoisotopic (exact) mass is 319 g/mol. The van der Waals surface area contributed by atoms with Gasteiger partial charge in [0.05, 0.1) is 0 Å². The van der Waals surface area contributed by atoms with E-state index in [-0.39, 0.29) is 23.6 Å². The van der Waals surface area contributed by atoms with Gasteiger partial charge in [-0.1, -0.05) is 25.5 Å². The van der Waals surface area contributed by atoms with Crippen molar-refractivity contribution in [3.63, 3.8) is 0 Å². The summed E-state index contributed by atoms with van der Waals surface area (Å²) < 4.78 is 13.3. The van der Waals surface area contributed by atoms with Crippen LogP contribution in [-0.4, -0.2) is 34.5 Å². The summed E-state index contributed by atoms with van der Waals surface area (Å²) in [5.74, 6) is -1.28. The number of hydrogen-bond donors (Lipinski definition) is 1. The fraction of sp³-hybridized carbons (Fsp3) is 0.556. The maximum Gasteiger partial charge on any atom is 0.326 e. The number of carboxylic acid groups (broad SMARTS) is 1. The lowest BCUT2D eigenvalue weighted by Crippen LogP contribution is -2.45. The number of fused-ring (bicyclic) bond motifs is 1. The fourth-order valence-electron chi connectivity index (χ4n) is 4.24. The van der Waals surface area contributed by atoms with E-state index in [0.29, 0.717) is 18.9 Å². The Morgan fingerprint density at radius 2 is 2.17 bits per heavy atom. The van der Waals surface area contributed by atoms with Crippen LogP contribution in [0.1, 0.15) is 31.7 Å². The van der Waals surface area contributed by atoms with Gasteiger partial charge in [0.15, 0.2) is 0 Å². The van der Waals surface area contributed by atoms with Gasteiger partial charge >= 0.3 is 5.97 Å². The molecule has 4 atom stereocenters. The van der Waals surface area contributed by atoms with Gasteiger partial charge in [-0.25, -0.2) is 9.18 Å². The average molecular weight is 319 g/mol. The topological polar surface area (TPSA) is 57.6 Å². The van der Waals surface area contributed by atoms with Crippen LogP contribution in [-0.2, 0) is 16.0 Å². The van der Waals surface area contributed by atoms with Crippen molar-refractivity contribution in [2.75, 3.05) is 6.54 Å². The van der Waals surface area contributed by atoms with Crippen molar-refractivity contribution >= 4 is 11.9 Å². The molecule has 0 radical (unpaired) electrons. The molecule has 3 rings (SSSR count). The number of halogens is 1. The number of benzene rings is 1. The molecule has 4 unspecified atom stereocenters. The highest BCUT2D eigenvalue weighted by Gasteiger charge is 2.49.